The van der Waals surface area contributed by atoms with Gasteiger partial charge in [-0.2, -0.15) is 0 Å². The van der Waals surface area contributed by atoms with Gasteiger partial charge in [-0.15, -0.1) is 0 Å². The van der Waals surface area contributed by atoms with E-state index in [1.165, 1.54) is 0 Å². The van der Waals surface area contributed by atoms with Gasteiger partial charge in [-0.1, -0.05) is 13.8 Å². The van der Waals surface area contributed by atoms with E-state index >= 15 is 0 Å². The number of carboxylic acids is 2. The van der Waals surface area contributed by atoms with Crippen LogP contribution in [-0.4, -0.2) is 77.0 Å². The molecule has 0 rings (SSSR count). The van der Waals surface area contributed by atoms with Crippen LogP contribution in [0, 0.1) is 5.92 Å². The van der Waals surface area contributed by atoms with E-state index in [0.717, 1.165) is 0 Å². The number of nitrogens with two attached hydrogens (primary N) is 3. The molecule has 0 aromatic carbocycles. The minimum Gasteiger partial charge on any atom is -0.481 e. The fourth-order valence-electron chi connectivity index (χ4n) is 2.44. The molecule has 14 nitrogen and oxygen atoms in total. The van der Waals surface area contributed by atoms with E-state index in [1.54, 1.807) is 13.8 Å². The van der Waals surface area contributed by atoms with Crippen LogP contribution in [0.4, 0.5) is 0 Å². The predicted molar refractivity (Wildman–Crippen MR) is 114 cm³/mol. The van der Waals surface area contributed by atoms with Crippen molar-refractivity contribution in [1.29, 1.82) is 0 Å². The predicted octanol–water partition coefficient (Wildman–Crippen LogP) is -2.94. The molecular weight excluding hydrogens is 426 g/mol. The Balaban J connectivity index is 5.40. The van der Waals surface area contributed by atoms with Crippen LogP contribution in [0.5, 0.6) is 0 Å². The van der Waals surface area contributed by atoms with Crippen molar-refractivity contribution in [2.45, 2.75) is 57.7 Å². The Morgan fingerprint density at radius 2 is 1.44 bits per heavy atom. The fourth-order valence-corrected chi connectivity index (χ4v) is 2.44. The first kappa shape index (κ1) is 28.6. The maximum Gasteiger partial charge on any atom is 0.322 e. The average molecular weight is 460 g/mol. The number of nitrogens with one attached hydrogen (secondary N) is 3. The first-order chi connectivity index (χ1) is 14.8. The minimum absolute atomic E-state index is 0.0988. The molecule has 0 aromatic rings. The summed E-state index contributed by atoms with van der Waals surface area (Å²) >= 11 is 0. The zero-order chi connectivity index (χ0) is 24.8. The molecule has 0 saturated heterocycles. The third kappa shape index (κ3) is 12.3. The number of guanidine groups is 1. The quantitative estimate of drug-likeness (QED) is 0.0702. The number of carbonyl (C=O) groups excluding carboxylic acids is 3. The largest absolute Gasteiger partial charge is 0.481 e. The molecule has 182 valence electrons. The van der Waals surface area contributed by atoms with Crippen molar-refractivity contribution < 1.29 is 34.2 Å². The molecule has 0 aliphatic heterocycles. The molecule has 0 heterocycles. The van der Waals surface area contributed by atoms with Gasteiger partial charge in [0, 0.05) is 13.0 Å². The van der Waals surface area contributed by atoms with Gasteiger partial charge in [-0.05, 0) is 25.2 Å². The lowest BCUT2D eigenvalue weighted by Crippen LogP contribution is -2.56. The lowest BCUT2D eigenvalue weighted by Gasteiger charge is -2.24. The lowest BCUT2D eigenvalue weighted by molar-refractivity contribution is -0.140. The smallest absolute Gasteiger partial charge is 0.322 e. The maximum atomic E-state index is 12.8. The highest BCUT2D eigenvalue weighted by Crippen LogP contribution is 2.05. The zero-order valence-electron chi connectivity index (χ0n) is 18.2. The van der Waals surface area contributed by atoms with Gasteiger partial charge >= 0.3 is 11.9 Å². The highest BCUT2D eigenvalue weighted by atomic mass is 16.4. The molecule has 0 aliphatic rings. The molecule has 0 spiro atoms. The van der Waals surface area contributed by atoms with Gasteiger partial charge in [0.1, 0.15) is 18.6 Å². The number of nitrogens with zero attached hydrogens (tertiary/aromatic N) is 1. The van der Waals surface area contributed by atoms with E-state index in [0.29, 0.717) is 6.42 Å². The Morgan fingerprint density at radius 1 is 0.875 bits per heavy atom. The van der Waals surface area contributed by atoms with Crippen molar-refractivity contribution in [3.63, 3.8) is 0 Å². The first-order valence-corrected chi connectivity index (χ1v) is 9.98. The summed E-state index contributed by atoms with van der Waals surface area (Å²) in [6, 6.07) is -3.32. The molecule has 3 amide bonds. The van der Waals surface area contributed by atoms with Gasteiger partial charge in [0.25, 0.3) is 0 Å². The van der Waals surface area contributed by atoms with Crippen molar-refractivity contribution in [1.82, 2.24) is 16.0 Å². The second-order valence-electron chi connectivity index (χ2n) is 7.38. The third-order valence-electron chi connectivity index (χ3n) is 4.29. The van der Waals surface area contributed by atoms with Crippen LogP contribution < -0.4 is 33.2 Å². The van der Waals surface area contributed by atoms with Crippen LogP contribution in [0.25, 0.3) is 0 Å². The second-order valence-corrected chi connectivity index (χ2v) is 7.38. The summed E-state index contributed by atoms with van der Waals surface area (Å²) in [6.45, 7) is 2.93. The van der Waals surface area contributed by atoms with Gasteiger partial charge in [-0.25, -0.2) is 0 Å². The highest BCUT2D eigenvalue weighted by molar-refractivity contribution is 5.93. The standard InChI is InChI=1S/C18H33N7O7/c1-9(2)14(19)17(32)25-10(4-3-7-22-18(20)21)16(31)24-11(5-6-12(26)27)15(30)23-8-13(28)29/h9-11,14H,3-8,19H2,1-2H3,(H,23,30)(H,24,31)(H,25,32)(H,26,27)(H,28,29)(H4,20,21,22). The molecule has 0 aromatic heterocycles. The summed E-state index contributed by atoms with van der Waals surface area (Å²) in [7, 11) is 0. The van der Waals surface area contributed by atoms with Crippen molar-refractivity contribution in [3.8, 4) is 0 Å². The molecule has 11 N–H and O–H groups in total. The van der Waals surface area contributed by atoms with Crippen molar-refractivity contribution >= 4 is 35.6 Å². The van der Waals surface area contributed by atoms with Crippen LogP contribution in [0.15, 0.2) is 4.99 Å². The Labute approximate surface area is 185 Å². The molecule has 3 atom stereocenters. The van der Waals surface area contributed by atoms with Crippen molar-refractivity contribution in [3.05, 3.63) is 0 Å². The normalized spacial score (nSPS) is 13.4. The SMILES string of the molecule is CC(C)C(N)C(=O)NC(CCCN=C(N)N)C(=O)NC(CCC(=O)O)C(=O)NCC(=O)O. The number of rotatable bonds is 15. The van der Waals surface area contributed by atoms with E-state index in [1.807, 2.05) is 0 Å². The topological polar surface area (TPSA) is 252 Å². The molecule has 0 saturated carbocycles. The maximum absolute atomic E-state index is 12.8. The van der Waals surface area contributed by atoms with Gasteiger partial charge in [0.15, 0.2) is 5.96 Å². The first-order valence-electron chi connectivity index (χ1n) is 9.98. The van der Waals surface area contributed by atoms with Gasteiger partial charge in [-0.3, -0.25) is 29.0 Å². The lowest BCUT2D eigenvalue weighted by atomic mass is 10.0. The second kappa shape index (κ2) is 14.6. The number of amides is 3. The number of hydrogen-bond acceptors (Lipinski definition) is 7. The third-order valence-corrected chi connectivity index (χ3v) is 4.29. The van der Waals surface area contributed by atoms with Crippen LogP contribution in [0.3, 0.4) is 0 Å². The Kier molecular flexibility index (Phi) is 13.0. The molecule has 0 radical (unpaired) electrons. The molecule has 0 aliphatic carbocycles. The monoisotopic (exact) mass is 459 g/mol. The van der Waals surface area contributed by atoms with Crippen molar-refractivity contribution in [2.24, 2.45) is 28.1 Å². The number of aliphatic carboxylic acids is 2. The van der Waals surface area contributed by atoms with Crippen LogP contribution in [0.2, 0.25) is 0 Å². The molecule has 0 fully saturated rings. The molecule has 3 unspecified atom stereocenters. The molecule has 14 heteroatoms. The van der Waals surface area contributed by atoms with Gasteiger partial charge in [0.2, 0.25) is 17.7 Å². The van der Waals surface area contributed by atoms with Crippen LogP contribution in [0.1, 0.15) is 39.5 Å². The van der Waals surface area contributed by atoms with Crippen molar-refractivity contribution in [2.75, 3.05) is 13.1 Å². The van der Waals surface area contributed by atoms with E-state index in [2.05, 4.69) is 20.9 Å². The Bertz CT molecular complexity index is 708. The number of carboxylic acid groups (broad SMARTS) is 2. The summed E-state index contributed by atoms with van der Waals surface area (Å²) in [4.78, 5) is 62.7. The van der Waals surface area contributed by atoms with Crippen LogP contribution in [-0.2, 0) is 24.0 Å². The van der Waals surface area contributed by atoms with Gasteiger partial charge < -0.3 is 43.4 Å². The zero-order valence-corrected chi connectivity index (χ0v) is 18.2. The minimum atomic E-state index is -1.33. The molecule has 0 bridgehead atoms. The van der Waals surface area contributed by atoms with E-state index in [-0.39, 0.29) is 31.3 Å². The molecular formula is C18H33N7O7. The van der Waals surface area contributed by atoms with E-state index in [9.17, 15) is 24.0 Å². The summed E-state index contributed by atoms with van der Waals surface area (Å²) in [6.07, 6.45) is -0.336. The average Bonchev–Trinajstić information content (AvgIpc) is 2.69. The van der Waals surface area contributed by atoms with Crippen LogP contribution >= 0.6 is 0 Å². The molecule has 32 heavy (non-hydrogen) atoms. The van der Waals surface area contributed by atoms with E-state index in [4.69, 9.17) is 27.4 Å². The summed E-state index contributed by atoms with van der Waals surface area (Å²) < 4.78 is 0. The number of aliphatic imine (C=N–C) groups is 1. The summed E-state index contributed by atoms with van der Waals surface area (Å²) in [5.41, 5.74) is 16.3. The number of hydrogen-bond donors (Lipinski definition) is 8. The van der Waals surface area contributed by atoms with Gasteiger partial charge in [0.05, 0.1) is 6.04 Å². The Hall–Kier alpha value is -3.42. The Morgan fingerprint density at radius 3 is 1.94 bits per heavy atom. The highest BCUT2D eigenvalue weighted by Gasteiger charge is 2.29. The number of carbonyl (C=O) groups is 5. The fraction of sp³-hybridized carbons (Fsp3) is 0.667. The summed E-state index contributed by atoms with van der Waals surface area (Å²) in [5, 5.41) is 24.6. The summed E-state index contributed by atoms with van der Waals surface area (Å²) in [5.74, 6) is -5.08. The van der Waals surface area contributed by atoms with E-state index < -0.39 is 60.8 Å².